The van der Waals surface area contributed by atoms with Crippen LogP contribution in [0, 0.1) is 12.8 Å². The molecule has 1 aromatic rings. The molecule has 1 saturated carbocycles. The minimum absolute atomic E-state index is 0.657. The second kappa shape index (κ2) is 6.58. The van der Waals surface area contributed by atoms with Crippen molar-refractivity contribution in [2.75, 3.05) is 0 Å². The first-order valence-corrected chi connectivity index (χ1v) is 7.53. The third-order valence-corrected chi connectivity index (χ3v) is 4.48. The molecule has 2 heteroatoms. The van der Waals surface area contributed by atoms with Gasteiger partial charge in [0.15, 0.2) is 0 Å². The van der Waals surface area contributed by atoms with Crippen LogP contribution in [0.1, 0.15) is 50.2 Å². The van der Waals surface area contributed by atoms with Gasteiger partial charge in [0, 0.05) is 17.6 Å². The van der Waals surface area contributed by atoms with E-state index in [-0.39, 0.29) is 0 Å². The van der Waals surface area contributed by atoms with Crippen molar-refractivity contribution in [3.05, 3.63) is 34.3 Å². The molecule has 2 atom stereocenters. The molecule has 0 aromatic heterocycles. The maximum absolute atomic E-state index is 6.28. The summed E-state index contributed by atoms with van der Waals surface area (Å²) in [5.41, 5.74) is 2.45. The van der Waals surface area contributed by atoms with Crippen LogP contribution in [0.2, 0.25) is 5.02 Å². The van der Waals surface area contributed by atoms with Gasteiger partial charge in [-0.2, -0.15) is 0 Å². The molecule has 1 aromatic carbocycles. The molecule has 1 nitrogen and oxygen atoms in total. The molecule has 1 aliphatic carbocycles. The van der Waals surface area contributed by atoms with Gasteiger partial charge in [-0.05, 0) is 42.9 Å². The summed E-state index contributed by atoms with van der Waals surface area (Å²) in [7, 11) is 0. The summed E-state index contributed by atoms with van der Waals surface area (Å²) in [6, 6.07) is 6.99. The molecule has 1 N–H and O–H groups in total. The van der Waals surface area contributed by atoms with E-state index in [2.05, 4.69) is 37.4 Å². The Balaban J connectivity index is 1.93. The number of aryl methyl sites for hydroxylation is 1. The Bertz CT molecular complexity index is 389. The van der Waals surface area contributed by atoms with Gasteiger partial charge in [-0.3, -0.25) is 0 Å². The van der Waals surface area contributed by atoms with Crippen molar-refractivity contribution in [1.29, 1.82) is 0 Å². The first kappa shape index (κ1) is 13.9. The van der Waals surface area contributed by atoms with Gasteiger partial charge in [-0.15, -0.1) is 0 Å². The molecule has 18 heavy (non-hydrogen) atoms. The Labute approximate surface area is 116 Å². The first-order valence-electron chi connectivity index (χ1n) is 7.15. The Morgan fingerprint density at radius 3 is 2.78 bits per heavy atom. The van der Waals surface area contributed by atoms with Crippen LogP contribution in [0.3, 0.4) is 0 Å². The van der Waals surface area contributed by atoms with Crippen molar-refractivity contribution >= 4 is 11.6 Å². The summed E-state index contributed by atoms with van der Waals surface area (Å²) in [5, 5.41) is 4.60. The van der Waals surface area contributed by atoms with Gasteiger partial charge in [-0.1, -0.05) is 49.9 Å². The van der Waals surface area contributed by atoms with Crippen molar-refractivity contribution in [3.8, 4) is 0 Å². The highest BCUT2D eigenvalue weighted by atomic mass is 35.5. The third-order valence-electron chi connectivity index (χ3n) is 4.12. The molecule has 2 rings (SSSR count). The number of hydrogen-bond acceptors (Lipinski definition) is 1. The number of rotatable bonds is 3. The number of nitrogens with one attached hydrogen (secondary N) is 1. The highest BCUT2D eigenvalue weighted by Gasteiger charge is 2.19. The zero-order chi connectivity index (χ0) is 13.0. The SMILES string of the molecule is Cc1ccc(CNC2CCCCCC2C)c(Cl)c1. The quantitative estimate of drug-likeness (QED) is 0.781. The van der Waals surface area contributed by atoms with Crippen molar-refractivity contribution in [1.82, 2.24) is 5.32 Å². The molecule has 1 fully saturated rings. The van der Waals surface area contributed by atoms with Crippen LogP contribution < -0.4 is 5.32 Å². The minimum atomic E-state index is 0.657. The lowest BCUT2D eigenvalue weighted by Gasteiger charge is -2.23. The van der Waals surface area contributed by atoms with Gasteiger partial charge in [0.05, 0.1) is 0 Å². The Morgan fingerprint density at radius 2 is 2.00 bits per heavy atom. The topological polar surface area (TPSA) is 12.0 Å². The molecule has 0 spiro atoms. The smallest absolute Gasteiger partial charge is 0.0453 e. The van der Waals surface area contributed by atoms with E-state index in [9.17, 15) is 0 Å². The highest BCUT2D eigenvalue weighted by molar-refractivity contribution is 6.31. The highest BCUT2D eigenvalue weighted by Crippen LogP contribution is 2.24. The minimum Gasteiger partial charge on any atom is -0.310 e. The van der Waals surface area contributed by atoms with Gasteiger partial charge < -0.3 is 5.32 Å². The summed E-state index contributed by atoms with van der Waals surface area (Å²) in [4.78, 5) is 0. The van der Waals surface area contributed by atoms with Crippen LogP contribution in [-0.4, -0.2) is 6.04 Å². The van der Waals surface area contributed by atoms with Crippen LogP contribution in [0.25, 0.3) is 0 Å². The zero-order valence-electron chi connectivity index (χ0n) is 11.5. The van der Waals surface area contributed by atoms with Gasteiger partial charge >= 0.3 is 0 Å². The molecule has 0 saturated heterocycles. The Morgan fingerprint density at radius 1 is 1.22 bits per heavy atom. The average Bonchev–Trinajstić information content (AvgIpc) is 2.53. The average molecular weight is 266 g/mol. The van der Waals surface area contributed by atoms with Crippen LogP contribution in [0.4, 0.5) is 0 Å². The fourth-order valence-electron chi connectivity index (χ4n) is 2.83. The van der Waals surface area contributed by atoms with E-state index >= 15 is 0 Å². The van der Waals surface area contributed by atoms with E-state index in [1.165, 1.54) is 43.2 Å². The number of hydrogen-bond donors (Lipinski definition) is 1. The monoisotopic (exact) mass is 265 g/mol. The van der Waals surface area contributed by atoms with E-state index in [4.69, 9.17) is 11.6 Å². The lowest BCUT2D eigenvalue weighted by atomic mass is 9.97. The second-order valence-corrected chi connectivity index (χ2v) is 6.10. The second-order valence-electron chi connectivity index (χ2n) is 5.70. The Kier molecular flexibility index (Phi) is 5.08. The van der Waals surface area contributed by atoms with E-state index in [0.29, 0.717) is 6.04 Å². The summed E-state index contributed by atoms with van der Waals surface area (Å²) in [5.74, 6) is 0.789. The molecule has 0 heterocycles. The fourth-order valence-corrected chi connectivity index (χ4v) is 3.13. The largest absolute Gasteiger partial charge is 0.310 e. The van der Waals surface area contributed by atoms with E-state index in [1.807, 2.05) is 0 Å². The maximum Gasteiger partial charge on any atom is 0.0453 e. The molecule has 0 radical (unpaired) electrons. The van der Waals surface area contributed by atoms with Gasteiger partial charge in [-0.25, -0.2) is 0 Å². The van der Waals surface area contributed by atoms with E-state index < -0.39 is 0 Å². The predicted molar refractivity (Wildman–Crippen MR) is 79.1 cm³/mol. The van der Waals surface area contributed by atoms with Crippen molar-refractivity contribution in [2.24, 2.45) is 5.92 Å². The van der Waals surface area contributed by atoms with Crippen LogP contribution >= 0.6 is 11.6 Å². The summed E-state index contributed by atoms with van der Waals surface area (Å²) in [6.07, 6.45) is 6.83. The van der Waals surface area contributed by atoms with Gasteiger partial charge in [0.1, 0.15) is 0 Å². The van der Waals surface area contributed by atoms with Crippen LogP contribution in [0.5, 0.6) is 0 Å². The lowest BCUT2D eigenvalue weighted by Crippen LogP contribution is -2.33. The molecule has 0 aliphatic heterocycles. The normalized spacial score (nSPS) is 24.8. The van der Waals surface area contributed by atoms with Crippen molar-refractivity contribution in [2.45, 2.75) is 58.5 Å². The predicted octanol–water partition coefficient (Wildman–Crippen LogP) is 4.71. The summed E-state index contributed by atoms with van der Waals surface area (Å²) >= 11 is 6.28. The van der Waals surface area contributed by atoms with Crippen LogP contribution in [-0.2, 0) is 6.54 Å². The standard InChI is InChI=1S/C16H24ClN/c1-12-8-9-14(15(17)10-12)11-18-16-7-5-3-4-6-13(16)2/h8-10,13,16,18H,3-7,11H2,1-2H3. The molecule has 100 valence electrons. The summed E-state index contributed by atoms with van der Waals surface area (Å²) < 4.78 is 0. The number of benzene rings is 1. The van der Waals surface area contributed by atoms with Crippen LogP contribution in [0.15, 0.2) is 18.2 Å². The molecular formula is C16H24ClN. The zero-order valence-corrected chi connectivity index (χ0v) is 12.3. The Hall–Kier alpha value is -0.530. The molecule has 0 bridgehead atoms. The molecule has 0 amide bonds. The number of halogens is 1. The lowest BCUT2D eigenvalue weighted by molar-refractivity contribution is 0.356. The first-order chi connectivity index (χ1) is 8.66. The molecular weight excluding hydrogens is 242 g/mol. The fraction of sp³-hybridized carbons (Fsp3) is 0.625. The van der Waals surface area contributed by atoms with E-state index in [1.54, 1.807) is 0 Å². The molecule has 2 unspecified atom stereocenters. The van der Waals surface area contributed by atoms with E-state index in [0.717, 1.165) is 17.5 Å². The third kappa shape index (κ3) is 3.73. The maximum atomic E-state index is 6.28. The van der Waals surface area contributed by atoms with Gasteiger partial charge in [0.2, 0.25) is 0 Å². The van der Waals surface area contributed by atoms with Crippen molar-refractivity contribution in [3.63, 3.8) is 0 Å². The van der Waals surface area contributed by atoms with Crippen molar-refractivity contribution < 1.29 is 0 Å². The summed E-state index contributed by atoms with van der Waals surface area (Å²) in [6.45, 7) is 5.35. The van der Waals surface area contributed by atoms with Gasteiger partial charge in [0.25, 0.3) is 0 Å². The molecule has 1 aliphatic rings.